The monoisotopic (exact) mass is 422 g/mol. The first-order chi connectivity index (χ1) is 10.8. The molecule has 0 bridgehead atoms. The Morgan fingerprint density at radius 1 is 1.48 bits per heavy atom. The zero-order chi connectivity index (χ0) is 17.0. The molecule has 0 aliphatic carbocycles. The number of carbonyl (C=O) groups is 1. The summed E-state index contributed by atoms with van der Waals surface area (Å²) >= 11 is 4.04. The molecule has 0 saturated carbocycles. The van der Waals surface area contributed by atoms with Gasteiger partial charge in [0, 0.05) is 15.5 Å². The summed E-state index contributed by atoms with van der Waals surface area (Å²) in [6.45, 7) is 1.96. The molecular weight excluding hydrogens is 411 g/mol. The van der Waals surface area contributed by atoms with E-state index in [9.17, 15) is 17.6 Å². The van der Waals surface area contributed by atoms with Crippen LogP contribution in [0.1, 0.15) is 11.8 Å². The molecule has 6 nitrogen and oxygen atoms in total. The molecular formula is C13H12BrFN2O4S2. The summed E-state index contributed by atoms with van der Waals surface area (Å²) in [6.07, 6.45) is 1.37. The number of aromatic nitrogens is 1. The molecule has 1 aromatic carbocycles. The van der Waals surface area contributed by atoms with Crippen LogP contribution in [0.15, 0.2) is 33.8 Å². The average molecular weight is 423 g/mol. The lowest BCUT2D eigenvalue weighted by molar-refractivity contribution is -0.142. The second-order valence-corrected chi connectivity index (χ2v) is 7.98. The SMILES string of the molecule is CCOC(=O)Cc1cnc(NS(=O)(=O)c2ccc(Br)cc2F)s1. The number of halogens is 2. The largest absolute Gasteiger partial charge is 0.466 e. The van der Waals surface area contributed by atoms with Crippen LogP contribution in [0.5, 0.6) is 0 Å². The zero-order valence-electron chi connectivity index (χ0n) is 11.9. The minimum Gasteiger partial charge on any atom is -0.466 e. The van der Waals surface area contributed by atoms with Crippen LogP contribution < -0.4 is 4.72 Å². The van der Waals surface area contributed by atoms with Gasteiger partial charge in [-0.1, -0.05) is 15.9 Å². The lowest BCUT2D eigenvalue weighted by atomic mass is 10.3. The Kier molecular flexibility index (Phi) is 5.71. The molecule has 124 valence electrons. The normalized spacial score (nSPS) is 11.3. The molecule has 0 amide bonds. The van der Waals surface area contributed by atoms with Crippen LogP contribution in [0.2, 0.25) is 0 Å². The van der Waals surface area contributed by atoms with E-state index in [1.807, 2.05) is 0 Å². The van der Waals surface area contributed by atoms with E-state index in [4.69, 9.17) is 4.74 Å². The molecule has 0 saturated heterocycles. The summed E-state index contributed by atoms with van der Waals surface area (Å²) in [6, 6.07) is 3.63. The quantitative estimate of drug-likeness (QED) is 0.723. The molecule has 1 N–H and O–H groups in total. The lowest BCUT2D eigenvalue weighted by Crippen LogP contribution is -2.14. The summed E-state index contributed by atoms with van der Waals surface area (Å²) in [5.41, 5.74) is 0. The molecule has 0 fully saturated rings. The summed E-state index contributed by atoms with van der Waals surface area (Å²) in [7, 11) is -4.10. The first kappa shape index (κ1) is 17.8. The summed E-state index contributed by atoms with van der Waals surface area (Å²) in [4.78, 5) is 15.3. The van der Waals surface area contributed by atoms with Crippen molar-refractivity contribution in [2.75, 3.05) is 11.3 Å². The predicted molar refractivity (Wildman–Crippen MR) is 87.4 cm³/mol. The Bertz CT molecular complexity index is 823. The number of thiazole rings is 1. The number of carbonyl (C=O) groups excluding carboxylic acids is 1. The van der Waals surface area contributed by atoms with Gasteiger partial charge in [0.15, 0.2) is 5.13 Å². The van der Waals surface area contributed by atoms with Gasteiger partial charge in [-0.25, -0.2) is 17.8 Å². The van der Waals surface area contributed by atoms with E-state index in [2.05, 4.69) is 25.6 Å². The summed E-state index contributed by atoms with van der Waals surface area (Å²) < 4.78 is 45.6. The fourth-order valence-electron chi connectivity index (χ4n) is 1.65. The van der Waals surface area contributed by atoms with Crippen LogP contribution in [0.3, 0.4) is 0 Å². The van der Waals surface area contributed by atoms with E-state index in [1.54, 1.807) is 6.92 Å². The van der Waals surface area contributed by atoms with Crippen LogP contribution in [0, 0.1) is 5.82 Å². The third-order valence-electron chi connectivity index (χ3n) is 2.58. The Hall–Kier alpha value is -1.52. The van der Waals surface area contributed by atoms with Crippen LogP contribution in [-0.2, 0) is 26.0 Å². The number of esters is 1. The second-order valence-electron chi connectivity index (χ2n) is 4.29. The molecule has 2 aromatic rings. The highest BCUT2D eigenvalue weighted by atomic mass is 79.9. The van der Waals surface area contributed by atoms with Crippen molar-refractivity contribution in [1.29, 1.82) is 0 Å². The molecule has 1 aromatic heterocycles. The number of hydrogen-bond donors (Lipinski definition) is 1. The smallest absolute Gasteiger partial charge is 0.311 e. The van der Waals surface area contributed by atoms with Crippen LogP contribution in [-0.4, -0.2) is 26.0 Å². The standard InChI is InChI=1S/C13H12BrFN2O4S2/c1-2-21-12(18)6-9-7-16-13(22-9)17-23(19,20)11-4-3-8(14)5-10(11)15/h3-5,7H,2,6H2,1H3,(H,16,17). The van der Waals surface area contributed by atoms with Crippen LogP contribution in [0.4, 0.5) is 9.52 Å². The maximum atomic E-state index is 13.8. The first-order valence-electron chi connectivity index (χ1n) is 6.40. The molecule has 1 heterocycles. The second kappa shape index (κ2) is 7.37. The number of nitrogens with one attached hydrogen (secondary N) is 1. The van der Waals surface area contributed by atoms with Crippen molar-refractivity contribution in [3.8, 4) is 0 Å². The number of rotatable bonds is 6. The van der Waals surface area contributed by atoms with Gasteiger partial charge in [-0.2, -0.15) is 0 Å². The number of benzene rings is 1. The highest BCUT2D eigenvalue weighted by Gasteiger charge is 2.21. The molecule has 0 unspecified atom stereocenters. The Morgan fingerprint density at radius 3 is 2.87 bits per heavy atom. The van der Waals surface area contributed by atoms with E-state index in [-0.39, 0.29) is 18.2 Å². The fourth-order valence-corrected chi connectivity index (χ4v) is 4.09. The van der Waals surface area contributed by atoms with Gasteiger partial charge in [-0.3, -0.25) is 9.52 Å². The number of sulfonamides is 1. The topological polar surface area (TPSA) is 85.4 Å². The minimum atomic E-state index is -4.10. The number of hydrogen-bond acceptors (Lipinski definition) is 6. The summed E-state index contributed by atoms with van der Waals surface area (Å²) in [5.74, 6) is -1.31. The van der Waals surface area contributed by atoms with E-state index in [0.717, 1.165) is 23.5 Å². The molecule has 10 heteroatoms. The van der Waals surface area contributed by atoms with Crippen molar-refractivity contribution in [1.82, 2.24) is 4.98 Å². The van der Waals surface area contributed by atoms with E-state index < -0.39 is 26.7 Å². The highest BCUT2D eigenvalue weighted by Crippen LogP contribution is 2.25. The van der Waals surface area contributed by atoms with Gasteiger partial charge in [0.2, 0.25) is 0 Å². The zero-order valence-corrected chi connectivity index (χ0v) is 15.1. The summed E-state index contributed by atoms with van der Waals surface area (Å²) in [5, 5.41) is 0.0478. The Labute approximate surface area is 144 Å². The van der Waals surface area contributed by atoms with Crippen LogP contribution in [0.25, 0.3) is 0 Å². The van der Waals surface area contributed by atoms with Gasteiger partial charge in [0.1, 0.15) is 10.7 Å². The van der Waals surface area contributed by atoms with Gasteiger partial charge in [0.25, 0.3) is 10.0 Å². The minimum absolute atomic E-state index is 0.000120. The average Bonchev–Trinajstić information content (AvgIpc) is 2.84. The molecule has 0 aliphatic rings. The predicted octanol–water partition coefficient (Wildman–Crippen LogP) is 2.95. The molecule has 0 radical (unpaired) electrons. The van der Waals surface area contributed by atoms with Gasteiger partial charge < -0.3 is 4.74 Å². The Morgan fingerprint density at radius 2 is 2.22 bits per heavy atom. The van der Waals surface area contributed by atoms with Gasteiger partial charge in [-0.15, -0.1) is 11.3 Å². The lowest BCUT2D eigenvalue weighted by Gasteiger charge is -2.06. The first-order valence-corrected chi connectivity index (χ1v) is 9.49. The van der Waals surface area contributed by atoms with Gasteiger partial charge in [0.05, 0.1) is 13.0 Å². The van der Waals surface area contributed by atoms with Crippen molar-refractivity contribution in [2.45, 2.75) is 18.2 Å². The number of ether oxygens (including phenoxy) is 1. The Balaban J connectivity index is 2.15. The van der Waals surface area contributed by atoms with Crippen molar-refractivity contribution in [2.24, 2.45) is 0 Å². The molecule has 0 spiro atoms. The highest BCUT2D eigenvalue weighted by molar-refractivity contribution is 9.10. The fraction of sp³-hybridized carbons (Fsp3) is 0.231. The number of nitrogens with zero attached hydrogens (tertiary/aromatic N) is 1. The van der Waals surface area contributed by atoms with E-state index >= 15 is 0 Å². The van der Waals surface area contributed by atoms with Gasteiger partial charge >= 0.3 is 5.97 Å². The molecule has 2 rings (SSSR count). The van der Waals surface area contributed by atoms with Crippen molar-refractivity contribution in [3.63, 3.8) is 0 Å². The number of anilines is 1. The van der Waals surface area contributed by atoms with Crippen molar-refractivity contribution < 1.29 is 22.3 Å². The third kappa shape index (κ3) is 4.72. The van der Waals surface area contributed by atoms with Crippen molar-refractivity contribution in [3.05, 3.63) is 39.6 Å². The third-order valence-corrected chi connectivity index (χ3v) is 5.49. The van der Waals surface area contributed by atoms with E-state index in [0.29, 0.717) is 9.35 Å². The molecule has 23 heavy (non-hydrogen) atoms. The molecule has 0 atom stereocenters. The molecule has 0 aliphatic heterocycles. The van der Waals surface area contributed by atoms with E-state index in [1.165, 1.54) is 12.3 Å². The van der Waals surface area contributed by atoms with Gasteiger partial charge in [-0.05, 0) is 25.1 Å². The van der Waals surface area contributed by atoms with Crippen molar-refractivity contribution >= 4 is 48.4 Å². The maximum absolute atomic E-state index is 13.8. The van der Waals surface area contributed by atoms with Crippen LogP contribution >= 0.6 is 27.3 Å². The maximum Gasteiger partial charge on any atom is 0.311 e.